The highest BCUT2D eigenvalue weighted by Gasteiger charge is 2.20. The van der Waals surface area contributed by atoms with E-state index in [-0.39, 0.29) is 35.0 Å². The molecule has 0 spiro atoms. The number of benzene rings is 1. The van der Waals surface area contributed by atoms with Gasteiger partial charge in [0.15, 0.2) is 5.65 Å². The Balaban J connectivity index is 1.70. The summed E-state index contributed by atoms with van der Waals surface area (Å²) in [6.45, 7) is 6.29. The van der Waals surface area contributed by atoms with Crippen molar-refractivity contribution in [2.75, 3.05) is 18.4 Å². The fraction of sp³-hybridized carbons (Fsp3) is 0.353. The highest BCUT2D eigenvalue weighted by Crippen LogP contribution is 2.18. The lowest BCUT2D eigenvalue weighted by Crippen LogP contribution is -2.29. The number of hydrogen-bond donors (Lipinski definition) is 3. The minimum absolute atomic E-state index is 0.136. The van der Waals surface area contributed by atoms with E-state index in [9.17, 15) is 13.2 Å². The first-order chi connectivity index (χ1) is 12.7. The van der Waals surface area contributed by atoms with Gasteiger partial charge >= 0.3 is 0 Å². The van der Waals surface area contributed by atoms with E-state index in [0.29, 0.717) is 11.0 Å². The Hall–Kier alpha value is -2.72. The molecule has 0 radical (unpaired) electrons. The molecule has 3 aromatic rings. The molecule has 0 saturated heterocycles. The van der Waals surface area contributed by atoms with Gasteiger partial charge in [0.05, 0.1) is 16.6 Å². The number of nitrogens with one attached hydrogen (secondary N) is 3. The number of anilines is 1. The predicted molar refractivity (Wildman–Crippen MR) is 103 cm³/mol. The van der Waals surface area contributed by atoms with Gasteiger partial charge in [0.25, 0.3) is 5.56 Å². The highest BCUT2D eigenvalue weighted by atomic mass is 32.2. The molecule has 0 unspecified atom stereocenters. The van der Waals surface area contributed by atoms with E-state index in [1.807, 2.05) is 20.8 Å². The first-order valence-corrected chi connectivity index (χ1v) is 9.94. The Kier molecular flexibility index (Phi) is 5.03. The Bertz CT molecular complexity index is 1100. The SMILES string of the molecule is CC(C)(C)n1ncc2c(=O)[nH]c(NCCNS(=O)(=O)c3ccccc3)nc21. The third-order valence-corrected chi connectivity index (χ3v) is 5.31. The molecule has 3 rings (SSSR count). The zero-order chi connectivity index (χ0) is 19.7. The molecular formula is C17H22N6O3S. The van der Waals surface area contributed by atoms with E-state index in [1.54, 1.807) is 22.9 Å². The molecule has 0 amide bonds. The molecule has 0 aliphatic rings. The number of nitrogens with zero attached hydrogens (tertiary/aromatic N) is 3. The van der Waals surface area contributed by atoms with Crippen LogP contribution in [0, 0.1) is 0 Å². The summed E-state index contributed by atoms with van der Waals surface area (Å²) in [5, 5.41) is 7.58. The molecule has 2 heterocycles. The average Bonchev–Trinajstić information content (AvgIpc) is 3.04. The lowest BCUT2D eigenvalue weighted by molar-refractivity contribution is 0.366. The Morgan fingerprint density at radius 2 is 1.85 bits per heavy atom. The minimum atomic E-state index is -3.57. The maximum Gasteiger partial charge on any atom is 0.263 e. The van der Waals surface area contributed by atoms with Crippen LogP contribution < -0.4 is 15.6 Å². The van der Waals surface area contributed by atoms with Crippen molar-refractivity contribution in [1.82, 2.24) is 24.5 Å². The first-order valence-electron chi connectivity index (χ1n) is 8.45. The van der Waals surface area contributed by atoms with E-state index < -0.39 is 10.0 Å². The molecule has 0 aliphatic carbocycles. The quantitative estimate of drug-likeness (QED) is 0.545. The Morgan fingerprint density at radius 1 is 1.15 bits per heavy atom. The third kappa shape index (κ3) is 4.17. The summed E-state index contributed by atoms with van der Waals surface area (Å²) in [6, 6.07) is 8.12. The van der Waals surface area contributed by atoms with E-state index in [1.165, 1.54) is 18.3 Å². The molecule has 0 atom stereocenters. The number of aromatic nitrogens is 4. The van der Waals surface area contributed by atoms with Crippen molar-refractivity contribution in [1.29, 1.82) is 0 Å². The lowest BCUT2D eigenvalue weighted by atomic mass is 10.1. The lowest BCUT2D eigenvalue weighted by Gasteiger charge is -2.19. The second-order valence-corrected chi connectivity index (χ2v) is 8.78. The topological polar surface area (TPSA) is 122 Å². The number of H-pyrrole nitrogens is 1. The normalized spacial score (nSPS) is 12.4. The summed E-state index contributed by atoms with van der Waals surface area (Å²) in [5.41, 5.74) is -0.160. The van der Waals surface area contributed by atoms with E-state index in [0.717, 1.165) is 0 Å². The van der Waals surface area contributed by atoms with Crippen LogP contribution >= 0.6 is 0 Å². The van der Waals surface area contributed by atoms with Gasteiger partial charge in [-0.05, 0) is 32.9 Å². The fourth-order valence-corrected chi connectivity index (χ4v) is 3.60. The average molecular weight is 390 g/mol. The van der Waals surface area contributed by atoms with Crippen molar-refractivity contribution < 1.29 is 8.42 Å². The van der Waals surface area contributed by atoms with Crippen LogP contribution in [0.2, 0.25) is 0 Å². The Labute approximate surface area is 156 Å². The van der Waals surface area contributed by atoms with Crippen molar-refractivity contribution in [3.8, 4) is 0 Å². The molecule has 144 valence electrons. The Morgan fingerprint density at radius 3 is 2.52 bits per heavy atom. The van der Waals surface area contributed by atoms with Crippen LogP contribution in [-0.2, 0) is 15.6 Å². The number of hydrogen-bond acceptors (Lipinski definition) is 6. The maximum atomic E-state index is 12.2. The monoisotopic (exact) mass is 390 g/mol. The molecule has 0 saturated carbocycles. The highest BCUT2D eigenvalue weighted by molar-refractivity contribution is 7.89. The van der Waals surface area contributed by atoms with Gasteiger partial charge in [-0.1, -0.05) is 18.2 Å². The summed E-state index contributed by atoms with van der Waals surface area (Å²) < 4.78 is 28.5. The number of rotatable bonds is 6. The number of aromatic amines is 1. The summed E-state index contributed by atoms with van der Waals surface area (Å²) in [4.78, 5) is 19.5. The standard InChI is InChI=1S/C17H22N6O3S/c1-17(2,3)23-14-13(11-19-23)15(24)22-16(21-14)18-9-10-20-27(25,26)12-7-5-4-6-8-12/h4-8,11,20H,9-10H2,1-3H3,(H2,18,21,22,24). The summed E-state index contributed by atoms with van der Waals surface area (Å²) in [6.07, 6.45) is 1.49. The van der Waals surface area contributed by atoms with Gasteiger partial charge in [0.2, 0.25) is 16.0 Å². The molecule has 0 fully saturated rings. The van der Waals surface area contributed by atoms with Gasteiger partial charge in [-0.25, -0.2) is 17.8 Å². The molecular weight excluding hydrogens is 368 g/mol. The van der Waals surface area contributed by atoms with E-state index in [2.05, 4.69) is 25.1 Å². The van der Waals surface area contributed by atoms with Gasteiger partial charge in [0, 0.05) is 13.1 Å². The molecule has 2 aromatic heterocycles. The van der Waals surface area contributed by atoms with Crippen molar-refractivity contribution in [2.45, 2.75) is 31.2 Å². The van der Waals surface area contributed by atoms with E-state index >= 15 is 0 Å². The van der Waals surface area contributed by atoms with Crippen LogP contribution in [0.3, 0.4) is 0 Å². The molecule has 3 N–H and O–H groups in total. The van der Waals surface area contributed by atoms with E-state index in [4.69, 9.17) is 0 Å². The zero-order valence-corrected chi connectivity index (χ0v) is 16.2. The van der Waals surface area contributed by atoms with Crippen LogP contribution in [0.25, 0.3) is 11.0 Å². The molecule has 0 aliphatic heterocycles. The smallest absolute Gasteiger partial charge is 0.263 e. The van der Waals surface area contributed by atoms with Crippen LogP contribution in [0.15, 0.2) is 46.2 Å². The summed E-state index contributed by atoms with van der Waals surface area (Å²) in [5.74, 6) is 0.261. The van der Waals surface area contributed by atoms with Crippen LogP contribution in [0.1, 0.15) is 20.8 Å². The third-order valence-electron chi connectivity index (χ3n) is 3.84. The maximum absolute atomic E-state index is 12.2. The first kappa shape index (κ1) is 19.1. The van der Waals surface area contributed by atoms with Crippen molar-refractivity contribution in [3.63, 3.8) is 0 Å². The van der Waals surface area contributed by atoms with Crippen LogP contribution in [0.5, 0.6) is 0 Å². The van der Waals surface area contributed by atoms with Crippen molar-refractivity contribution in [3.05, 3.63) is 46.9 Å². The predicted octanol–water partition coefficient (Wildman–Crippen LogP) is 1.27. The van der Waals surface area contributed by atoms with Crippen molar-refractivity contribution in [2.24, 2.45) is 0 Å². The second-order valence-electron chi connectivity index (χ2n) is 7.02. The van der Waals surface area contributed by atoms with Gasteiger partial charge in [0.1, 0.15) is 5.39 Å². The van der Waals surface area contributed by atoms with Gasteiger partial charge in [-0.15, -0.1) is 0 Å². The number of fused-ring (bicyclic) bond motifs is 1. The summed E-state index contributed by atoms with van der Waals surface area (Å²) in [7, 11) is -3.57. The zero-order valence-electron chi connectivity index (χ0n) is 15.4. The molecule has 27 heavy (non-hydrogen) atoms. The second kappa shape index (κ2) is 7.12. The molecule has 10 heteroatoms. The molecule has 1 aromatic carbocycles. The number of sulfonamides is 1. The molecule has 0 bridgehead atoms. The van der Waals surface area contributed by atoms with Gasteiger partial charge in [-0.3, -0.25) is 9.78 Å². The van der Waals surface area contributed by atoms with Crippen LogP contribution in [0.4, 0.5) is 5.95 Å². The van der Waals surface area contributed by atoms with Crippen molar-refractivity contribution >= 4 is 27.0 Å². The molecule has 9 nitrogen and oxygen atoms in total. The fourth-order valence-electron chi connectivity index (χ4n) is 2.54. The van der Waals surface area contributed by atoms with Crippen LogP contribution in [-0.4, -0.2) is 41.3 Å². The summed E-state index contributed by atoms with van der Waals surface area (Å²) >= 11 is 0. The van der Waals surface area contributed by atoms with Gasteiger partial charge in [-0.2, -0.15) is 10.1 Å². The van der Waals surface area contributed by atoms with Gasteiger partial charge < -0.3 is 5.32 Å². The minimum Gasteiger partial charge on any atom is -0.354 e. The largest absolute Gasteiger partial charge is 0.354 e.